The Hall–Kier alpha value is -1.56. The van der Waals surface area contributed by atoms with Gasteiger partial charge < -0.3 is 0 Å². The van der Waals surface area contributed by atoms with Crippen LogP contribution in [0.5, 0.6) is 0 Å². The third-order valence-corrected chi connectivity index (χ3v) is 5.01. The van der Waals surface area contributed by atoms with Crippen molar-refractivity contribution >= 4 is 0 Å². The van der Waals surface area contributed by atoms with E-state index in [1.807, 2.05) is 0 Å². The summed E-state index contributed by atoms with van der Waals surface area (Å²) >= 11 is 0. The third-order valence-electron chi connectivity index (χ3n) is 5.01. The van der Waals surface area contributed by atoms with Crippen LogP contribution in [0.15, 0.2) is 60.7 Å². The number of benzene rings is 2. The molecule has 0 radical (unpaired) electrons. The summed E-state index contributed by atoms with van der Waals surface area (Å²) in [5, 5.41) is 0. The zero-order chi connectivity index (χ0) is 17.0. The topological polar surface area (TPSA) is 0 Å². The minimum atomic E-state index is 0.845. The van der Waals surface area contributed by atoms with Gasteiger partial charge in [0.1, 0.15) is 0 Å². The minimum absolute atomic E-state index is 0.845. The summed E-state index contributed by atoms with van der Waals surface area (Å²) in [7, 11) is 0. The molecular formula is C24H34. The van der Waals surface area contributed by atoms with Crippen molar-refractivity contribution in [3.8, 4) is 0 Å². The molecule has 0 aliphatic heterocycles. The molecule has 0 amide bonds. The summed E-state index contributed by atoms with van der Waals surface area (Å²) in [6.45, 7) is 4.67. The largest absolute Gasteiger partial charge is 0.0628 e. The first-order valence-electron chi connectivity index (χ1n) is 9.82. The first kappa shape index (κ1) is 18.8. The van der Waals surface area contributed by atoms with Crippen molar-refractivity contribution in [3.63, 3.8) is 0 Å². The molecule has 0 N–H and O–H groups in total. The molecule has 0 bridgehead atoms. The van der Waals surface area contributed by atoms with E-state index in [1.165, 1.54) is 62.5 Å². The van der Waals surface area contributed by atoms with E-state index in [4.69, 9.17) is 0 Å². The fraction of sp³-hybridized carbons (Fsp3) is 0.500. The van der Waals surface area contributed by atoms with Crippen LogP contribution in [0.2, 0.25) is 0 Å². The van der Waals surface area contributed by atoms with Gasteiger partial charge in [0.2, 0.25) is 0 Å². The Kier molecular flexibility index (Phi) is 8.66. The van der Waals surface area contributed by atoms with Crippen LogP contribution in [0.25, 0.3) is 0 Å². The van der Waals surface area contributed by atoms with Gasteiger partial charge in [0, 0.05) is 0 Å². The number of hydrogen-bond acceptors (Lipinski definition) is 0. The number of aryl methyl sites for hydroxylation is 2. The Labute approximate surface area is 149 Å². The van der Waals surface area contributed by atoms with Crippen LogP contribution in [0.3, 0.4) is 0 Å². The van der Waals surface area contributed by atoms with Crippen molar-refractivity contribution in [2.45, 2.75) is 65.2 Å². The van der Waals surface area contributed by atoms with Crippen LogP contribution in [0, 0.1) is 11.8 Å². The van der Waals surface area contributed by atoms with E-state index in [1.54, 1.807) is 0 Å². The van der Waals surface area contributed by atoms with Gasteiger partial charge in [0.15, 0.2) is 0 Å². The lowest BCUT2D eigenvalue weighted by molar-refractivity contribution is 0.392. The molecule has 0 aliphatic rings. The average molecular weight is 323 g/mol. The van der Waals surface area contributed by atoms with Crippen molar-refractivity contribution in [1.82, 2.24) is 0 Å². The van der Waals surface area contributed by atoms with Gasteiger partial charge in [-0.05, 0) is 48.6 Å². The van der Waals surface area contributed by atoms with Gasteiger partial charge in [0.25, 0.3) is 0 Å². The number of unbranched alkanes of at least 4 members (excludes halogenated alkanes) is 1. The predicted molar refractivity (Wildman–Crippen MR) is 106 cm³/mol. The van der Waals surface area contributed by atoms with E-state index >= 15 is 0 Å². The first-order chi connectivity index (χ1) is 11.7. The lowest BCUT2D eigenvalue weighted by Gasteiger charge is -2.17. The second-order valence-corrected chi connectivity index (χ2v) is 7.59. The Bertz CT molecular complexity index is 483. The van der Waals surface area contributed by atoms with E-state index in [0.717, 1.165) is 11.8 Å². The fourth-order valence-corrected chi connectivity index (χ4v) is 3.45. The third kappa shape index (κ3) is 7.81. The molecular weight excluding hydrogens is 288 g/mol. The van der Waals surface area contributed by atoms with E-state index in [-0.39, 0.29) is 0 Å². The Morgan fingerprint density at radius 2 is 1.04 bits per heavy atom. The maximum absolute atomic E-state index is 2.34. The molecule has 0 unspecified atom stereocenters. The quantitative estimate of drug-likeness (QED) is 0.387. The zero-order valence-electron chi connectivity index (χ0n) is 15.6. The van der Waals surface area contributed by atoms with Gasteiger partial charge in [-0.3, -0.25) is 0 Å². The summed E-state index contributed by atoms with van der Waals surface area (Å²) in [4.78, 5) is 0. The Balaban J connectivity index is 1.80. The smallest absolute Gasteiger partial charge is 0.0276 e. The molecule has 2 aromatic carbocycles. The number of rotatable bonds is 11. The highest BCUT2D eigenvalue weighted by Crippen LogP contribution is 2.23. The molecule has 0 spiro atoms. The van der Waals surface area contributed by atoms with Crippen LogP contribution in [-0.2, 0) is 12.8 Å². The minimum Gasteiger partial charge on any atom is -0.0628 e. The van der Waals surface area contributed by atoms with Gasteiger partial charge in [-0.15, -0.1) is 0 Å². The Morgan fingerprint density at radius 1 is 0.583 bits per heavy atom. The van der Waals surface area contributed by atoms with Crippen molar-refractivity contribution in [3.05, 3.63) is 71.8 Å². The van der Waals surface area contributed by atoms with Crippen LogP contribution in [0.4, 0.5) is 0 Å². The first-order valence-corrected chi connectivity index (χ1v) is 9.82. The molecule has 130 valence electrons. The normalized spacial score (nSPS) is 11.3. The maximum atomic E-state index is 2.34. The van der Waals surface area contributed by atoms with E-state index in [9.17, 15) is 0 Å². The monoisotopic (exact) mass is 322 g/mol. The number of hydrogen-bond donors (Lipinski definition) is 0. The van der Waals surface area contributed by atoms with Gasteiger partial charge in [-0.2, -0.15) is 0 Å². The molecule has 24 heavy (non-hydrogen) atoms. The van der Waals surface area contributed by atoms with Crippen LogP contribution < -0.4 is 0 Å². The van der Waals surface area contributed by atoms with Crippen LogP contribution in [0.1, 0.15) is 63.5 Å². The van der Waals surface area contributed by atoms with E-state index in [0.29, 0.717) is 0 Å². The molecule has 0 aliphatic carbocycles. The summed E-state index contributed by atoms with van der Waals surface area (Å²) in [6.07, 6.45) is 10.7. The summed E-state index contributed by atoms with van der Waals surface area (Å²) in [6, 6.07) is 22.0. The van der Waals surface area contributed by atoms with Gasteiger partial charge in [0.05, 0.1) is 0 Å². The predicted octanol–water partition coefficient (Wildman–Crippen LogP) is 7.08. The van der Waals surface area contributed by atoms with Crippen molar-refractivity contribution < 1.29 is 0 Å². The highest BCUT2D eigenvalue weighted by atomic mass is 14.2. The summed E-state index contributed by atoms with van der Waals surface area (Å²) < 4.78 is 0. The van der Waals surface area contributed by atoms with Crippen molar-refractivity contribution in [2.24, 2.45) is 11.8 Å². The standard InChI is InChI=1S/C24H34/c1-21(2)11-9-10-16-24(19-17-22-12-5-3-6-13-22)20-18-23-14-7-4-8-15-23/h3-8,12-15,21,24H,9-11,16-20H2,1-2H3. The molecule has 0 fully saturated rings. The molecule has 0 saturated heterocycles. The lowest BCUT2D eigenvalue weighted by Crippen LogP contribution is -2.05. The van der Waals surface area contributed by atoms with Crippen LogP contribution in [-0.4, -0.2) is 0 Å². The second kappa shape index (κ2) is 11.1. The molecule has 0 atom stereocenters. The van der Waals surface area contributed by atoms with Gasteiger partial charge in [-0.1, -0.05) is 100 Å². The van der Waals surface area contributed by atoms with E-state index in [2.05, 4.69) is 74.5 Å². The summed E-state index contributed by atoms with van der Waals surface area (Å²) in [5.74, 6) is 1.70. The highest BCUT2D eigenvalue weighted by Gasteiger charge is 2.10. The molecule has 0 heterocycles. The van der Waals surface area contributed by atoms with Crippen molar-refractivity contribution in [2.75, 3.05) is 0 Å². The molecule has 0 heteroatoms. The fourth-order valence-electron chi connectivity index (χ4n) is 3.45. The average Bonchev–Trinajstić information content (AvgIpc) is 2.62. The molecule has 0 nitrogen and oxygen atoms in total. The van der Waals surface area contributed by atoms with Crippen LogP contribution >= 0.6 is 0 Å². The maximum Gasteiger partial charge on any atom is -0.0276 e. The molecule has 0 aromatic heterocycles. The molecule has 2 rings (SSSR count). The SMILES string of the molecule is CC(C)CCCCC(CCc1ccccc1)CCc1ccccc1. The van der Waals surface area contributed by atoms with Gasteiger partial charge in [-0.25, -0.2) is 0 Å². The molecule has 0 saturated carbocycles. The lowest BCUT2D eigenvalue weighted by atomic mass is 9.88. The highest BCUT2D eigenvalue weighted by molar-refractivity contribution is 5.15. The second-order valence-electron chi connectivity index (χ2n) is 7.59. The molecule has 2 aromatic rings. The van der Waals surface area contributed by atoms with Crippen molar-refractivity contribution in [1.29, 1.82) is 0 Å². The van der Waals surface area contributed by atoms with E-state index < -0.39 is 0 Å². The van der Waals surface area contributed by atoms with Gasteiger partial charge >= 0.3 is 0 Å². The summed E-state index contributed by atoms with van der Waals surface area (Å²) in [5.41, 5.74) is 2.98. The Morgan fingerprint density at radius 3 is 1.50 bits per heavy atom. The zero-order valence-corrected chi connectivity index (χ0v) is 15.6.